The molecule has 0 heterocycles. The summed E-state index contributed by atoms with van der Waals surface area (Å²) in [7, 11) is 0. The Morgan fingerprint density at radius 2 is 1.23 bits per heavy atom. The third kappa shape index (κ3) is 10.6. The van der Waals surface area contributed by atoms with Crippen LogP contribution in [-0.2, 0) is 14.3 Å². The maximum atomic E-state index is 12.1. The molecule has 0 N–H and O–H groups in total. The van der Waals surface area contributed by atoms with E-state index in [0.29, 0.717) is 19.7 Å². The Balaban J connectivity index is 3.95. The third-order valence-electron chi connectivity index (χ3n) is 3.76. The Morgan fingerprint density at radius 3 is 1.77 bits per heavy atom. The zero-order valence-corrected chi connectivity index (χ0v) is 14.9. The quantitative estimate of drug-likeness (QED) is 0.289. The van der Waals surface area contributed by atoms with Crippen molar-refractivity contribution >= 4 is 11.9 Å². The van der Waals surface area contributed by atoms with Crippen LogP contribution in [0.15, 0.2) is 0 Å². The average Bonchev–Trinajstić information content (AvgIpc) is 2.53. The zero-order valence-electron chi connectivity index (χ0n) is 14.9. The minimum Gasteiger partial charge on any atom is -0.459 e. The maximum absolute atomic E-state index is 12.1. The fraction of sp³-hybridized carbons (Fsp3) is 0.889. The second-order valence-corrected chi connectivity index (χ2v) is 5.90. The van der Waals surface area contributed by atoms with Crippen molar-refractivity contribution < 1.29 is 14.3 Å². The summed E-state index contributed by atoms with van der Waals surface area (Å²) in [5.41, 5.74) is 0. The Morgan fingerprint density at radius 1 is 0.727 bits per heavy atom. The van der Waals surface area contributed by atoms with Gasteiger partial charge in [0, 0.05) is 13.1 Å². The van der Waals surface area contributed by atoms with Gasteiger partial charge in [0.1, 0.15) is 0 Å². The molecule has 4 heteroatoms. The SMILES string of the molecule is CCCCCCCCOC(=O)C(=O)N(CCCC)CCCC. The van der Waals surface area contributed by atoms with Gasteiger partial charge in [-0.3, -0.25) is 4.79 Å². The van der Waals surface area contributed by atoms with Crippen molar-refractivity contribution in [1.82, 2.24) is 4.90 Å². The van der Waals surface area contributed by atoms with Gasteiger partial charge < -0.3 is 9.64 Å². The highest BCUT2D eigenvalue weighted by Gasteiger charge is 2.22. The molecule has 0 aromatic rings. The van der Waals surface area contributed by atoms with Crippen LogP contribution < -0.4 is 0 Å². The van der Waals surface area contributed by atoms with Crippen LogP contribution in [0.1, 0.15) is 85.0 Å². The highest BCUT2D eigenvalue weighted by molar-refractivity contribution is 6.32. The second-order valence-electron chi connectivity index (χ2n) is 5.90. The molecule has 0 aliphatic carbocycles. The Labute approximate surface area is 136 Å². The summed E-state index contributed by atoms with van der Waals surface area (Å²) in [5.74, 6) is -1.14. The van der Waals surface area contributed by atoms with Crippen LogP contribution in [0.5, 0.6) is 0 Å². The Hall–Kier alpha value is -1.06. The molecule has 130 valence electrons. The van der Waals surface area contributed by atoms with Gasteiger partial charge in [-0.25, -0.2) is 4.79 Å². The van der Waals surface area contributed by atoms with Crippen molar-refractivity contribution in [2.24, 2.45) is 0 Å². The monoisotopic (exact) mass is 313 g/mol. The first-order valence-electron chi connectivity index (χ1n) is 9.13. The Bertz CT molecular complexity index is 284. The van der Waals surface area contributed by atoms with Crippen LogP contribution in [0.4, 0.5) is 0 Å². The van der Waals surface area contributed by atoms with E-state index in [2.05, 4.69) is 20.8 Å². The number of amides is 1. The van der Waals surface area contributed by atoms with E-state index in [-0.39, 0.29) is 0 Å². The highest BCUT2D eigenvalue weighted by atomic mass is 16.5. The first kappa shape index (κ1) is 20.9. The summed E-state index contributed by atoms with van der Waals surface area (Å²) in [5, 5.41) is 0. The summed E-state index contributed by atoms with van der Waals surface area (Å²) in [6, 6.07) is 0. The molecule has 0 saturated carbocycles. The van der Waals surface area contributed by atoms with Crippen molar-refractivity contribution in [1.29, 1.82) is 0 Å². The molecule has 0 fully saturated rings. The van der Waals surface area contributed by atoms with Gasteiger partial charge in [-0.2, -0.15) is 0 Å². The molecule has 0 aliphatic heterocycles. The van der Waals surface area contributed by atoms with Crippen molar-refractivity contribution in [2.75, 3.05) is 19.7 Å². The summed E-state index contributed by atoms with van der Waals surface area (Å²) in [6.45, 7) is 8.03. The summed E-state index contributed by atoms with van der Waals surface area (Å²) in [4.78, 5) is 25.6. The van der Waals surface area contributed by atoms with E-state index >= 15 is 0 Å². The number of esters is 1. The van der Waals surface area contributed by atoms with Gasteiger partial charge in [0.05, 0.1) is 6.61 Å². The first-order valence-corrected chi connectivity index (χ1v) is 9.13. The standard InChI is InChI=1S/C18H35NO3/c1-4-7-10-11-12-13-16-22-18(21)17(20)19(14-8-5-2)15-9-6-3/h4-16H2,1-3H3. The lowest BCUT2D eigenvalue weighted by Gasteiger charge is -2.21. The number of hydrogen-bond donors (Lipinski definition) is 0. The Kier molecular flexibility index (Phi) is 14.1. The fourth-order valence-electron chi connectivity index (χ4n) is 2.25. The summed E-state index contributed by atoms with van der Waals surface area (Å²) < 4.78 is 5.12. The molecule has 0 rings (SSSR count). The number of unbranched alkanes of at least 4 members (excludes halogenated alkanes) is 7. The van der Waals surface area contributed by atoms with Crippen LogP contribution in [0.2, 0.25) is 0 Å². The molecule has 0 aliphatic rings. The van der Waals surface area contributed by atoms with Crippen molar-refractivity contribution in [3.05, 3.63) is 0 Å². The molecule has 0 spiro atoms. The van der Waals surface area contributed by atoms with Gasteiger partial charge in [0.25, 0.3) is 0 Å². The number of ether oxygens (including phenoxy) is 1. The molecular weight excluding hydrogens is 278 g/mol. The van der Waals surface area contributed by atoms with Crippen LogP contribution >= 0.6 is 0 Å². The number of nitrogens with zero attached hydrogens (tertiary/aromatic N) is 1. The topological polar surface area (TPSA) is 46.6 Å². The average molecular weight is 313 g/mol. The van der Waals surface area contributed by atoms with Gasteiger partial charge in [0.15, 0.2) is 0 Å². The predicted molar refractivity (Wildman–Crippen MR) is 90.7 cm³/mol. The van der Waals surface area contributed by atoms with Crippen molar-refractivity contribution in [3.63, 3.8) is 0 Å². The molecular formula is C18H35NO3. The largest absolute Gasteiger partial charge is 0.459 e. The number of hydrogen-bond acceptors (Lipinski definition) is 3. The van der Waals surface area contributed by atoms with Crippen LogP contribution in [0, 0.1) is 0 Å². The lowest BCUT2D eigenvalue weighted by molar-refractivity contribution is -0.160. The van der Waals surface area contributed by atoms with Gasteiger partial charge in [0.2, 0.25) is 0 Å². The molecule has 4 nitrogen and oxygen atoms in total. The minimum absolute atomic E-state index is 0.367. The summed E-state index contributed by atoms with van der Waals surface area (Å²) in [6.07, 6.45) is 10.7. The molecule has 0 bridgehead atoms. The van der Waals surface area contributed by atoms with Crippen LogP contribution in [0.3, 0.4) is 0 Å². The van der Waals surface area contributed by atoms with E-state index in [1.807, 2.05) is 0 Å². The van der Waals surface area contributed by atoms with Gasteiger partial charge in [-0.1, -0.05) is 65.7 Å². The van der Waals surface area contributed by atoms with Gasteiger partial charge >= 0.3 is 11.9 Å². The zero-order chi connectivity index (χ0) is 16.6. The number of carbonyl (C=O) groups is 2. The minimum atomic E-state index is -0.680. The molecule has 0 atom stereocenters. The molecule has 1 amide bonds. The van der Waals surface area contributed by atoms with E-state index in [1.165, 1.54) is 25.7 Å². The molecule has 0 saturated heterocycles. The van der Waals surface area contributed by atoms with Gasteiger partial charge in [-0.15, -0.1) is 0 Å². The smallest absolute Gasteiger partial charge is 0.397 e. The van der Waals surface area contributed by atoms with Crippen LogP contribution in [-0.4, -0.2) is 36.5 Å². The van der Waals surface area contributed by atoms with E-state index in [1.54, 1.807) is 4.90 Å². The maximum Gasteiger partial charge on any atom is 0.397 e. The van der Waals surface area contributed by atoms with Gasteiger partial charge in [-0.05, 0) is 19.3 Å². The molecule has 0 aromatic carbocycles. The number of carbonyl (C=O) groups excluding carboxylic acids is 2. The second kappa shape index (κ2) is 14.9. The van der Waals surface area contributed by atoms with E-state index in [4.69, 9.17) is 4.74 Å². The lowest BCUT2D eigenvalue weighted by Crippen LogP contribution is -2.39. The predicted octanol–water partition coefficient (Wildman–Crippen LogP) is 4.32. The van der Waals surface area contributed by atoms with E-state index in [9.17, 15) is 9.59 Å². The lowest BCUT2D eigenvalue weighted by atomic mass is 10.1. The molecule has 0 unspecified atom stereocenters. The molecule has 0 aromatic heterocycles. The molecule has 0 radical (unpaired) electrons. The summed E-state index contributed by atoms with van der Waals surface area (Å²) >= 11 is 0. The fourth-order valence-corrected chi connectivity index (χ4v) is 2.25. The third-order valence-corrected chi connectivity index (χ3v) is 3.76. The number of rotatable bonds is 13. The molecule has 22 heavy (non-hydrogen) atoms. The van der Waals surface area contributed by atoms with E-state index in [0.717, 1.165) is 38.5 Å². The van der Waals surface area contributed by atoms with Crippen molar-refractivity contribution in [2.45, 2.75) is 85.0 Å². The van der Waals surface area contributed by atoms with E-state index < -0.39 is 11.9 Å². The van der Waals surface area contributed by atoms with Crippen LogP contribution in [0.25, 0.3) is 0 Å². The van der Waals surface area contributed by atoms with Crippen molar-refractivity contribution in [3.8, 4) is 0 Å². The highest BCUT2D eigenvalue weighted by Crippen LogP contribution is 2.06. The normalized spacial score (nSPS) is 10.5. The first-order chi connectivity index (χ1) is 10.7.